The van der Waals surface area contributed by atoms with Gasteiger partial charge in [-0.2, -0.15) is 0 Å². The second-order valence-corrected chi connectivity index (χ2v) is 6.85. The van der Waals surface area contributed by atoms with Gasteiger partial charge in [0.05, 0.1) is 23.3 Å². The zero-order chi connectivity index (χ0) is 18.2. The average Bonchev–Trinajstić information content (AvgIpc) is 2.62. The lowest BCUT2D eigenvalue weighted by Crippen LogP contribution is -2.31. The second-order valence-electron chi connectivity index (χ2n) is 6.44. The molecule has 1 N–H and O–H groups in total. The average molecular weight is 365 g/mol. The van der Waals surface area contributed by atoms with E-state index in [1.54, 1.807) is 13.2 Å². The maximum absolute atomic E-state index is 10.7. The number of rotatable bonds is 10. The maximum atomic E-state index is 10.7. The molecule has 0 fully saturated rings. The molecule has 2 rings (SSSR count). The SMILES string of the molecule is CCCCN(CCCC)CC(O)c1ccc2cc(OC)c(Cl)cc2n1. The number of hydrogen-bond acceptors (Lipinski definition) is 4. The van der Waals surface area contributed by atoms with E-state index in [2.05, 4.69) is 23.7 Å². The topological polar surface area (TPSA) is 45.6 Å². The highest BCUT2D eigenvalue weighted by molar-refractivity contribution is 6.32. The van der Waals surface area contributed by atoms with Gasteiger partial charge in [0.1, 0.15) is 11.9 Å². The standard InChI is InChI=1S/C20H29ClN2O2/c1-4-6-10-23(11-7-5-2)14-19(24)17-9-8-15-12-20(25-3)16(21)13-18(15)22-17/h8-9,12-13,19,24H,4-7,10-11,14H2,1-3H3. The van der Waals surface area contributed by atoms with Crippen LogP contribution in [-0.2, 0) is 0 Å². The van der Waals surface area contributed by atoms with E-state index in [0.717, 1.165) is 49.7 Å². The number of ether oxygens (including phenoxy) is 1. The Kier molecular flexibility index (Phi) is 7.94. The molecule has 0 spiro atoms. The third-order valence-electron chi connectivity index (χ3n) is 4.41. The Bertz CT molecular complexity index is 670. The minimum absolute atomic E-state index is 0.529. The van der Waals surface area contributed by atoms with Gasteiger partial charge in [-0.05, 0) is 44.1 Å². The minimum Gasteiger partial charge on any atom is -0.495 e. The fourth-order valence-electron chi connectivity index (χ4n) is 2.88. The van der Waals surface area contributed by atoms with E-state index >= 15 is 0 Å². The zero-order valence-corrected chi connectivity index (χ0v) is 16.2. The van der Waals surface area contributed by atoms with Crippen LogP contribution in [0.3, 0.4) is 0 Å². The number of methoxy groups -OCH3 is 1. The first-order valence-corrected chi connectivity index (χ1v) is 9.51. The van der Waals surface area contributed by atoms with Gasteiger partial charge in [-0.1, -0.05) is 44.4 Å². The van der Waals surface area contributed by atoms with Crippen LogP contribution in [0.2, 0.25) is 5.02 Å². The summed E-state index contributed by atoms with van der Waals surface area (Å²) in [4.78, 5) is 6.95. The van der Waals surface area contributed by atoms with Crippen molar-refractivity contribution in [3.05, 3.63) is 35.0 Å². The Labute approximate surface area is 155 Å². The fourth-order valence-corrected chi connectivity index (χ4v) is 3.11. The van der Waals surface area contributed by atoms with Crippen LogP contribution in [0, 0.1) is 0 Å². The number of aliphatic hydroxyl groups excluding tert-OH is 1. The Morgan fingerprint density at radius 2 is 1.84 bits per heavy atom. The molecular weight excluding hydrogens is 336 g/mol. The Balaban J connectivity index is 2.15. The normalized spacial score (nSPS) is 12.7. The van der Waals surface area contributed by atoms with E-state index in [9.17, 15) is 5.11 Å². The molecule has 0 aliphatic heterocycles. The number of halogens is 1. The van der Waals surface area contributed by atoms with Crippen molar-refractivity contribution >= 4 is 22.5 Å². The highest BCUT2D eigenvalue weighted by Crippen LogP contribution is 2.29. The molecule has 0 saturated carbocycles. The van der Waals surface area contributed by atoms with Crippen molar-refractivity contribution in [2.45, 2.75) is 45.6 Å². The Hall–Kier alpha value is -1.36. The number of nitrogens with zero attached hydrogens (tertiary/aromatic N) is 2. The van der Waals surface area contributed by atoms with Crippen molar-refractivity contribution in [3.63, 3.8) is 0 Å². The quantitative estimate of drug-likeness (QED) is 0.655. The molecule has 0 radical (unpaired) electrons. The number of fused-ring (bicyclic) bond motifs is 1. The molecule has 1 aromatic carbocycles. The van der Waals surface area contributed by atoms with Crippen LogP contribution in [0.25, 0.3) is 10.9 Å². The highest BCUT2D eigenvalue weighted by atomic mass is 35.5. The molecule has 1 atom stereocenters. The monoisotopic (exact) mass is 364 g/mol. The molecule has 0 aliphatic rings. The first kappa shape index (κ1) is 20.0. The third-order valence-corrected chi connectivity index (χ3v) is 4.71. The number of pyridine rings is 1. The van der Waals surface area contributed by atoms with Crippen LogP contribution in [-0.4, -0.2) is 41.7 Å². The van der Waals surface area contributed by atoms with Crippen molar-refractivity contribution < 1.29 is 9.84 Å². The second kappa shape index (κ2) is 9.95. The van der Waals surface area contributed by atoms with Crippen LogP contribution in [0.1, 0.15) is 51.3 Å². The summed E-state index contributed by atoms with van der Waals surface area (Å²) in [5.41, 5.74) is 1.46. The minimum atomic E-state index is -0.598. The molecule has 0 aliphatic carbocycles. The smallest absolute Gasteiger partial charge is 0.138 e. The van der Waals surface area contributed by atoms with Crippen molar-refractivity contribution in [2.75, 3.05) is 26.7 Å². The summed E-state index contributed by atoms with van der Waals surface area (Å²) >= 11 is 6.20. The first-order valence-electron chi connectivity index (χ1n) is 9.13. The van der Waals surface area contributed by atoms with Gasteiger partial charge in [0.25, 0.3) is 0 Å². The molecule has 1 aromatic heterocycles. The highest BCUT2D eigenvalue weighted by Gasteiger charge is 2.15. The first-order chi connectivity index (χ1) is 12.1. The summed E-state index contributed by atoms with van der Waals surface area (Å²) < 4.78 is 5.24. The van der Waals surface area contributed by atoms with E-state index in [4.69, 9.17) is 16.3 Å². The van der Waals surface area contributed by atoms with Gasteiger partial charge in [-0.3, -0.25) is 0 Å². The maximum Gasteiger partial charge on any atom is 0.138 e. The van der Waals surface area contributed by atoms with Gasteiger partial charge >= 0.3 is 0 Å². The predicted octanol–water partition coefficient (Wildman–Crippen LogP) is 4.83. The fraction of sp³-hybridized carbons (Fsp3) is 0.550. The van der Waals surface area contributed by atoms with Crippen LogP contribution < -0.4 is 4.74 Å². The van der Waals surface area contributed by atoms with E-state index in [0.29, 0.717) is 23.0 Å². The van der Waals surface area contributed by atoms with Gasteiger partial charge in [0.15, 0.2) is 0 Å². The van der Waals surface area contributed by atoms with Crippen LogP contribution >= 0.6 is 11.6 Å². The summed E-state index contributed by atoms with van der Waals surface area (Å²) in [5.74, 6) is 0.634. The van der Waals surface area contributed by atoms with E-state index in [1.807, 2.05) is 18.2 Å². The van der Waals surface area contributed by atoms with Crippen molar-refractivity contribution in [1.29, 1.82) is 0 Å². The van der Waals surface area contributed by atoms with Gasteiger partial charge in [0.2, 0.25) is 0 Å². The molecule has 0 amide bonds. The summed E-state index contributed by atoms with van der Waals surface area (Å²) in [5, 5.41) is 12.1. The van der Waals surface area contributed by atoms with Crippen molar-refractivity contribution in [3.8, 4) is 5.75 Å². The van der Waals surface area contributed by atoms with E-state index in [-0.39, 0.29) is 0 Å². The number of benzene rings is 1. The molecule has 1 heterocycles. The number of aliphatic hydroxyl groups is 1. The lowest BCUT2D eigenvalue weighted by Gasteiger charge is -2.24. The largest absolute Gasteiger partial charge is 0.495 e. The molecular formula is C20H29ClN2O2. The Morgan fingerprint density at radius 1 is 1.16 bits per heavy atom. The van der Waals surface area contributed by atoms with E-state index in [1.165, 1.54) is 0 Å². The summed E-state index contributed by atoms with van der Waals surface area (Å²) in [7, 11) is 1.60. The lowest BCUT2D eigenvalue weighted by atomic mass is 10.1. The third kappa shape index (κ3) is 5.56. The molecule has 1 unspecified atom stereocenters. The summed E-state index contributed by atoms with van der Waals surface area (Å²) in [6.07, 6.45) is 4.02. The number of hydrogen-bond donors (Lipinski definition) is 1. The van der Waals surface area contributed by atoms with Crippen LogP contribution in [0.15, 0.2) is 24.3 Å². The molecule has 25 heavy (non-hydrogen) atoms. The van der Waals surface area contributed by atoms with Crippen molar-refractivity contribution in [1.82, 2.24) is 9.88 Å². The molecule has 5 heteroatoms. The summed E-state index contributed by atoms with van der Waals surface area (Å²) in [6.45, 7) is 7.03. The summed E-state index contributed by atoms with van der Waals surface area (Å²) in [6, 6.07) is 7.51. The number of aromatic nitrogens is 1. The lowest BCUT2D eigenvalue weighted by molar-refractivity contribution is 0.108. The van der Waals surface area contributed by atoms with Gasteiger partial charge < -0.3 is 14.7 Å². The van der Waals surface area contributed by atoms with Gasteiger partial charge in [-0.15, -0.1) is 0 Å². The van der Waals surface area contributed by atoms with Gasteiger partial charge in [-0.25, -0.2) is 4.98 Å². The molecule has 138 valence electrons. The van der Waals surface area contributed by atoms with Gasteiger partial charge in [0, 0.05) is 11.9 Å². The zero-order valence-electron chi connectivity index (χ0n) is 15.5. The molecule has 2 aromatic rings. The predicted molar refractivity (Wildman–Crippen MR) is 105 cm³/mol. The van der Waals surface area contributed by atoms with Crippen LogP contribution in [0.4, 0.5) is 0 Å². The molecule has 0 bridgehead atoms. The number of unbranched alkanes of at least 4 members (excludes halogenated alkanes) is 2. The molecule has 4 nitrogen and oxygen atoms in total. The molecule has 0 saturated heterocycles. The van der Waals surface area contributed by atoms with Crippen molar-refractivity contribution in [2.24, 2.45) is 0 Å². The Morgan fingerprint density at radius 3 is 2.44 bits per heavy atom. The van der Waals surface area contributed by atoms with E-state index < -0.39 is 6.10 Å². The van der Waals surface area contributed by atoms with Crippen LogP contribution in [0.5, 0.6) is 5.75 Å².